The zero-order valence-corrected chi connectivity index (χ0v) is 14.3. The standard InChI is InChI=1S/C15H20N2O5S/c1-10(9-21-14-8-6-5-7-13(14)20-4)17-23(18,19)15-11(2)16-22-12(15)3/h5-8,10,17H,9H2,1-4H3/t10-/m0/s1. The van der Waals surface area contributed by atoms with E-state index in [-0.39, 0.29) is 17.3 Å². The number of aryl methyl sites for hydroxylation is 2. The van der Waals surface area contributed by atoms with Crippen molar-refractivity contribution >= 4 is 10.0 Å². The summed E-state index contributed by atoms with van der Waals surface area (Å²) in [4.78, 5) is 0.0710. The minimum absolute atomic E-state index is 0.0710. The van der Waals surface area contributed by atoms with Gasteiger partial charge in [-0.25, -0.2) is 13.1 Å². The molecule has 0 aliphatic carbocycles. The van der Waals surface area contributed by atoms with Crippen LogP contribution in [0, 0.1) is 13.8 Å². The number of para-hydroxylation sites is 2. The van der Waals surface area contributed by atoms with Crippen LogP contribution in [0.2, 0.25) is 0 Å². The lowest BCUT2D eigenvalue weighted by Crippen LogP contribution is -2.37. The van der Waals surface area contributed by atoms with Gasteiger partial charge in [-0.2, -0.15) is 0 Å². The van der Waals surface area contributed by atoms with Crippen LogP contribution in [-0.2, 0) is 10.0 Å². The number of aromatic nitrogens is 1. The molecule has 0 bridgehead atoms. The van der Waals surface area contributed by atoms with Gasteiger partial charge in [0.15, 0.2) is 17.3 Å². The Hall–Kier alpha value is -2.06. The van der Waals surface area contributed by atoms with Crippen molar-refractivity contribution in [3.05, 3.63) is 35.7 Å². The Bertz CT molecular complexity index is 750. The molecule has 1 atom stereocenters. The number of hydrogen-bond acceptors (Lipinski definition) is 6. The zero-order chi connectivity index (χ0) is 17.0. The van der Waals surface area contributed by atoms with Gasteiger partial charge in [0.2, 0.25) is 10.0 Å². The van der Waals surface area contributed by atoms with Gasteiger partial charge in [-0.3, -0.25) is 0 Å². The summed E-state index contributed by atoms with van der Waals surface area (Å²) < 4.78 is 43.0. The van der Waals surface area contributed by atoms with E-state index in [0.717, 1.165) is 0 Å². The predicted octanol–water partition coefficient (Wildman–Crippen LogP) is 2.05. The van der Waals surface area contributed by atoms with Gasteiger partial charge in [0.05, 0.1) is 13.2 Å². The SMILES string of the molecule is COc1ccccc1OC[C@H](C)NS(=O)(=O)c1c(C)noc1C. The van der Waals surface area contributed by atoms with Gasteiger partial charge in [0.25, 0.3) is 0 Å². The lowest BCUT2D eigenvalue weighted by atomic mass is 10.3. The van der Waals surface area contributed by atoms with Crippen molar-refractivity contribution in [2.75, 3.05) is 13.7 Å². The molecule has 8 heteroatoms. The van der Waals surface area contributed by atoms with Gasteiger partial charge in [-0.1, -0.05) is 17.3 Å². The van der Waals surface area contributed by atoms with Crippen molar-refractivity contribution in [1.82, 2.24) is 9.88 Å². The van der Waals surface area contributed by atoms with E-state index in [1.165, 1.54) is 0 Å². The minimum atomic E-state index is -3.72. The first-order valence-electron chi connectivity index (χ1n) is 7.06. The molecule has 1 aromatic heterocycles. The van der Waals surface area contributed by atoms with Crippen LogP contribution in [0.5, 0.6) is 11.5 Å². The second-order valence-electron chi connectivity index (χ2n) is 5.14. The highest BCUT2D eigenvalue weighted by Gasteiger charge is 2.26. The molecular weight excluding hydrogens is 320 g/mol. The van der Waals surface area contributed by atoms with Gasteiger partial charge in [-0.15, -0.1) is 0 Å². The van der Waals surface area contributed by atoms with Crippen molar-refractivity contribution in [2.45, 2.75) is 31.7 Å². The van der Waals surface area contributed by atoms with E-state index in [0.29, 0.717) is 17.2 Å². The summed E-state index contributed by atoms with van der Waals surface area (Å²) in [6.07, 6.45) is 0. The number of rotatable bonds is 7. The predicted molar refractivity (Wildman–Crippen MR) is 84.2 cm³/mol. The van der Waals surface area contributed by atoms with Crippen molar-refractivity contribution in [2.24, 2.45) is 0 Å². The molecule has 0 unspecified atom stereocenters. The van der Waals surface area contributed by atoms with E-state index in [1.807, 2.05) is 12.1 Å². The summed E-state index contributed by atoms with van der Waals surface area (Å²) in [5.74, 6) is 1.40. The summed E-state index contributed by atoms with van der Waals surface area (Å²) in [6.45, 7) is 5.01. The van der Waals surface area contributed by atoms with Gasteiger partial charge in [-0.05, 0) is 32.9 Å². The average Bonchev–Trinajstić information content (AvgIpc) is 2.84. The summed E-state index contributed by atoms with van der Waals surface area (Å²) >= 11 is 0. The lowest BCUT2D eigenvalue weighted by molar-refractivity contribution is 0.271. The van der Waals surface area contributed by atoms with Crippen molar-refractivity contribution in [3.63, 3.8) is 0 Å². The monoisotopic (exact) mass is 340 g/mol. The molecule has 1 aromatic carbocycles. The zero-order valence-electron chi connectivity index (χ0n) is 13.5. The van der Waals surface area contributed by atoms with Crippen LogP contribution in [0.1, 0.15) is 18.4 Å². The number of hydrogen-bond donors (Lipinski definition) is 1. The first-order valence-corrected chi connectivity index (χ1v) is 8.54. The van der Waals surface area contributed by atoms with Crippen molar-refractivity contribution in [3.8, 4) is 11.5 Å². The first-order chi connectivity index (χ1) is 10.8. The molecule has 0 spiro atoms. The second-order valence-corrected chi connectivity index (χ2v) is 6.79. The normalized spacial score (nSPS) is 12.9. The third kappa shape index (κ3) is 4.02. The summed E-state index contributed by atoms with van der Waals surface area (Å²) in [6, 6.07) is 6.73. The van der Waals surface area contributed by atoms with Crippen LogP contribution in [0.15, 0.2) is 33.7 Å². The lowest BCUT2D eigenvalue weighted by Gasteiger charge is -2.16. The Morgan fingerprint density at radius 1 is 1.26 bits per heavy atom. The molecule has 1 N–H and O–H groups in total. The number of sulfonamides is 1. The van der Waals surface area contributed by atoms with Gasteiger partial charge in [0, 0.05) is 0 Å². The maximum Gasteiger partial charge on any atom is 0.246 e. The molecule has 0 radical (unpaired) electrons. The van der Waals surface area contributed by atoms with Crippen molar-refractivity contribution < 1.29 is 22.4 Å². The van der Waals surface area contributed by atoms with Crippen LogP contribution in [0.3, 0.4) is 0 Å². The van der Waals surface area contributed by atoms with E-state index < -0.39 is 16.1 Å². The highest BCUT2D eigenvalue weighted by molar-refractivity contribution is 7.89. The Labute approximate surface area is 135 Å². The molecule has 23 heavy (non-hydrogen) atoms. The average molecular weight is 340 g/mol. The quantitative estimate of drug-likeness (QED) is 0.829. The number of nitrogens with zero attached hydrogens (tertiary/aromatic N) is 1. The Morgan fingerprint density at radius 2 is 1.91 bits per heavy atom. The van der Waals surface area contributed by atoms with E-state index in [9.17, 15) is 8.42 Å². The van der Waals surface area contributed by atoms with Gasteiger partial charge < -0.3 is 14.0 Å². The molecule has 7 nitrogen and oxygen atoms in total. The topological polar surface area (TPSA) is 90.7 Å². The number of benzene rings is 1. The maximum absolute atomic E-state index is 12.4. The Kier molecular flexibility index (Phi) is 5.27. The highest BCUT2D eigenvalue weighted by atomic mass is 32.2. The maximum atomic E-state index is 12.4. The number of nitrogens with one attached hydrogen (secondary N) is 1. The first kappa shape index (κ1) is 17.3. The smallest absolute Gasteiger partial charge is 0.246 e. The molecule has 0 aliphatic rings. The molecule has 0 amide bonds. The molecule has 1 heterocycles. The van der Waals surface area contributed by atoms with Crippen molar-refractivity contribution in [1.29, 1.82) is 0 Å². The van der Waals surface area contributed by atoms with Crippen LogP contribution in [0.4, 0.5) is 0 Å². The minimum Gasteiger partial charge on any atom is -0.493 e. The third-order valence-electron chi connectivity index (χ3n) is 3.15. The Morgan fingerprint density at radius 3 is 2.48 bits per heavy atom. The Balaban J connectivity index is 2.03. The van der Waals surface area contributed by atoms with E-state index in [2.05, 4.69) is 9.88 Å². The molecular formula is C15H20N2O5S. The molecule has 0 saturated carbocycles. The fourth-order valence-corrected chi connectivity index (χ4v) is 3.73. The largest absolute Gasteiger partial charge is 0.493 e. The third-order valence-corrected chi connectivity index (χ3v) is 4.98. The van der Waals surface area contributed by atoms with Crippen LogP contribution in [-0.4, -0.2) is 33.3 Å². The summed E-state index contributed by atoms with van der Waals surface area (Å²) in [5, 5.41) is 3.66. The number of methoxy groups -OCH3 is 1. The van der Waals surface area contributed by atoms with Crippen LogP contribution >= 0.6 is 0 Å². The molecule has 2 aromatic rings. The number of ether oxygens (including phenoxy) is 2. The van der Waals surface area contributed by atoms with E-state index >= 15 is 0 Å². The molecule has 0 fully saturated rings. The molecule has 0 saturated heterocycles. The summed E-state index contributed by atoms with van der Waals surface area (Å²) in [7, 11) is -2.17. The van der Waals surface area contributed by atoms with E-state index in [4.69, 9.17) is 14.0 Å². The van der Waals surface area contributed by atoms with Gasteiger partial charge in [0.1, 0.15) is 17.2 Å². The summed E-state index contributed by atoms with van der Waals surface area (Å²) in [5.41, 5.74) is 0.327. The molecule has 2 rings (SSSR count). The molecule has 126 valence electrons. The second kappa shape index (κ2) is 7.01. The fraction of sp³-hybridized carbons (Fsp3) is 0.400. The van der Waals surface area contributed by atoms with Gasteiger partial charge >= 0.3 is 0 Å². The van der Waals surface area contributed by atoms with E-state index in [1.54, 1.807) is 40.0 Å². The van der Waals surface area contributed by atoms with Crippen LogP contribution < -0.4 is 14.2 Å². The molecule has 0 aliphatic heterocycles. The van der Waals surface area contributed by atoms with Crippen LogP contribution in [0.25, 0.3) is 0 Å². The highest BCUT2D eigenvalue weighted by Crippen LogP contribution is 2.26. The fourth-order valence-electron chi connectivity index (χ4n) is 2.17.